The van der Waals surface area contributed by atoms with Gasteiger partial charge in [-0.3, -0.25) is 0 Å². The van der Waals surface area contributed by atoms with Crippen LogP contribution in [-0.4, -0.2) is 11.1 Å². The molecule has 0 atom stereocenters. The molecule has 0 aliphatic carbocycles. The Kier molecular flexibility index (Phi) is 9.77. The van der Waals surface area contributed by atoms with Crippen LogP contribution in [0.5, 0.6) is 0 Å². The monoisotopic (exact) mass is 198 g/mol. The molecule has 0 heterocycles. The van der Waals surface area contributed by atoms with Gasteiger partial charge in [0.15, 0.2) is 0 Å². The number of carboxylic acids is 1. The maximum Gasteiger partial charge on any atom is 0.330 e. The normalized spacial score (nSPS) is 7.15. The molecule has 72 valence electrons. The Morgan fingerprint density at radius 2 is 1.23 bits per heavy atom. The smallest absolute Gasteiger partial charge is 0.330 e. The summed E-state index contributed by atoms with van der Waals surface area (Å²) < 4.78 is 0. The number of rotatable bonds is 1. The van der Waals surface area contributed by atoms with E-state index in [-0.39, 0.29) is 19.1 Å². The van der Waals surface area contributed by atoms with Gasteiger partial charge < -0.3 is 5.11 Å². The Bertz CT molecular complexity index is 206. The molecule has 0 aliphatic heterocycles. The summed E-state index contributed by atoms with van der Waals surface area (Å²) >= 11 is 0. The van der Waals surface area contributed by atoms with Gasteiger partial charge in [-0.25, -0.2) is 4.79 Å². The first-order valence-corrected chi connectivity index (χ1v) is 3.53. The second-order valence-electron chi connectivity index (χ2n) is 2.24. The average molecular weight is 198 g/mol. The van der Waals surface area contributed by atoms with E-state index in [0.717, 1.165) is 0 Å². The van der Waals surface area contributed by atoms with Crippen LogP contribution < -0.4 is 0 Å². The fourth-order valence-electron chi connectivity index (χ4n) is 0.385. The molecule has 0 aromatic heterocycles. The van der Waals surface area contributed by atoms with Crippen LogP contribution in [0, 0.1) is 0 Å². The minimum atomic E-state index is -0.935. The fraction of sp³-hybridized carbons (Fsp3) is 0.100. The number of carbonyl (C=O) groups is 1. The highest BCUT2D eigenvalue weighted by molar-refractivity contribution is 7.59. The summed E-state index contributed by atoms with van der Waals surface area (Å²) in [6, 6.07) is 12.0. The zero-order valence-corrected chi connectivity index (χ0v) is 8.53. The molecule has 1 N–H and O–H groups in total. The molecule has 0 radical (unpaired) electrons. The van der Waals surface area contributed by atoms with Crippen LogP contribution in [0.25, 0.3) is 0 Å². The molecule has 0 spiro atoms. The average Bonchev–Trinajstić information content (AvgIpc) is 2.08. The van der Waals surface area contributed by atoms with Crippen molar-refractivity contribution in [2.24, 2.45) is 0 Å². The molecule has 13 heavy (non-hydrogen) atoms. The van der Waals surface area contributed by atoms with E-state index in [1.165, 1.54) is 6.92 Å². The van der Waals surface area contributed by atoms with E-state index in [0.29, 0.717) is 0 Å². The molecule has 0 amide bonds. The van der Waals surface area contributed by atoms with Crippen LogP contribution in [0.15, 0.2) is 48.6 Å². The summed E-state index contributed by atoms with van der Waals surface area (Å²) in [4.78, 5) is 9.60. The number of benzene rings is 1. The maximum atomic E-state index is 9.60. The maximum absolute atomic E-state index is 9.60. The first-order chi connectivity index (χ1) is 5.64. The van der Waals surface area contributed by atoms with Gasteiger partial charge >= 0.3 is 5.97 Å². The van der Waals surface area contributed by atoms with Gasteiger partial charge in [0.25, 0.3) is 0 Å². The molecule has 0 saturated heterocycles. The molecule has 1 rings (SSSR count). The molecule has 0 bridgehead atoms. The molecular weight excluding hydrogens is 184 g/mol. The number of hydrogen-bond acceptors (Lipinski definition) is 1. The Hall–Kier alpha value is -1.22. The van der Waals surface area contributed by atoms with Crippen molar-refractivity contribution >= 4 is 19.5 Å². The number of carboxylic acid groups (broad SMARTS) is 1. The van der Waals surface area contributed by atoms with Crippen molar-refractivity contribution < 1.29 is 9.90 Å². The lowest BCUT2D eigenvalue weighted by atomic mass is 10.4. The summed E-state index contributed by atoms with van der Waals surface area (Å²) in [5.74, 6) is -0.935. The number of hydrogen-bond donors (Lipinski definition) is 1. The lowest BCUT2D eigenvalue weighted by Gasteiger charge is -1.79. The zero-order chi connectivity index (χ0) is 9.40. The lowest BCUT2D eigenvalue weighted by molar-refractivity contribution is -0.132. The van der Waals surface area contributed by atoms with Crippen LogP contribution >= 0.6 is 13.5 Å². The van der Waals surface area contributed by atoms with Crippen LogP contribution in [0.3, 0.4) is 0 Å². The van der Waals surface area contributed by atoms with Crippen LogP contribution in [0.4, 0.5) is 0 Å². The van der Waals surface area contributed by atoms with E-state index in [2.05, 4.69) is 6.58 Å². The van der Waals surface area contributed by atoms with E-state index in [9.17, 15) is 4.79 Å². The zero-order valence-electron chi connectivity index (χ0n) is 7.53. The van der Waals surface area contributed by atoms with Gasteiger partial charge in [-0.1, -0.05) is 43.0 Å². The first-order valence-electron chi connectivity index (χ1n) is 3.53. The minimum absolute atomic E-state index is 0. The SMILES string of the molecule is C=C(C)C(=O)O.S.c1ccccc1. The van der Waals surface area contributed by atoms with Gasteiger partial charge in [0.2, 0.25) is 0 Å². The van der Waals surface area contributed by atoms with Gasteiger partial charge in [0.1, 0.15) is 0 Å². The van der Waals surface area contributed by atoms with E-state index in [1.807, 2.05) is 36.4 Å². The Morgan fingerprint density at radius 1 is 1.08 bits per heavy atom. The highest BCUT2D eigenvalue weighted by atomic mass is 32.1. The molecule has 0 saturated carbocycles. The highest BCUT2D eigenvalue weighted by Crippen LogP contribution is 1.81. The van der Waals surface area contributed by atoms with E-state index in [1.54, 1.807) is 0 Å². The Balaban J connectivity index is 0. The van der Waals surface area contributed by atoms with Crippen molar-refractivity contribution in [2.75, 3.05) is 0 Å². The molecule has 1 aromatic carbocycles. The van der Waals surface area contributed by atoms with Gasteiger partial charge in [0.05, 0.1) is 0 Å². The van der Waals surface area contributed by atoms with Crippen LogP contribution in [0.2, 0.25) is 0 Å². The standard InChI is InChI=1S/C6H6.C4H6O2.H2S/c1-2-4-6-5-3-1;1-3(2)4(5)6;/h1-6H;1H2,2H3,(H,5,6);1H2. The fourth-order valence-corrected chi connectivity index (χ4v) is 0.385. The van der Waals surface area contributed by atoms with Crippen molar-refractivity contribution in [3.63, 3.8) is 0 Å². The van der Waals surface area contributed by atoms with E-state index >= 15 is 0 Å². The Morgan fingerprint density at radius 3 is 1.31 bits per heavy atom. The van der Waals surface area contributed by atoms with Crippen LogP contribution in [0.1, 0.15) is 6.92 Å². The van der Waals surface area contributed by atoms with Crippen molar-refractivity contribution in [2.45, 2.75) is 6.92 Å². The quantitative estimate of drug-likeness (QED) is 0.704. The predicted molar refractivity (Wildman–Crippen MR) is 59.3 cm³/mol. The second-order valence-corrected chi connectivity index (χ2v) is 2.24. The first kappa shape index (κ1) is 14.3. The molecule has 0 aliphatic rings. The molecule has 0 unspecified atom stereocenters. The third-order valence-corrected chi connectivity index (χ3v) is 1.03. The molecule has 0 fully saturated rings. The summed E-state index contributed by atoms with van der Waals surface area (Å²) in [5.41, 5.74) is 0.176. The van der Waals surface area contributed by atoms with Crippen LogP contribution in [-0.2, 0) is 4.79 Å². The van der Waals surface area contributed by atoms with E-state index < -0.39 is 5.97 Å². The summed E-state index contributed by atoms with van der Waals surface area (Å²) in [6.07, 6.45) is 0. The molecule has 3 heteroatoms. The van der Waals surface area contributed by atoms with Gasteiger partial charge in [-0.2, -0.15) is 13.5 Å². The predicted octanol–water partition coefficient (Wildman–Crippen LogP) is 2.45. The molecule has 1 aromatic rings. The Labute approximate surface area is 85.4 Å². The van der Waals surface area contributed by atoms with Crippen molar-refractivity contribution in [3.8, 4) is 0 Å². The third-order valence-electron chi connectivity index (χ3n) is 1.03. The van der Waals surface area contributed by atoms with Crippen molar-refractivity contribution in [3.05, 3.63) is 48.6 Å². The van der Waals surface area contributed by atoms with Gasteiger partial charge in [0, 0.05) is 5.57 Å². The minimum Gasteiger partial charge on any atom is -0.478 e. The third kappa shape index (κ3) is 10.8. The van der Waals surface area contributed by atoms with Crippen molar-refractivity contribution in [1.29, 1.82) is 0 Å². The molecule has 2 nitrogen and oxygen atoms in total. The van der Waals surface area contributed by atoms with Gasteiger partial charge in [-0.05, 0) is 6.92 Å². The summed E-state index contributed by atoms with van der Waals surface area (Å²) in [5, 5.41) is 7.89. The second kappa shape index (κ2) is 8.87. The topological polar surface area (TPSA) is 37.3 Å². The van der Waals surface area contributed by atoms with Crippen molar-refractivity contribution in [1.82, 2.24) is 0 Å². The number of aliphatic carboxylic acids is 1. The molecular formula is C10H14O2S. The largest absolute Gasteiger partial charge is 0.478 e. The van der Waals surface area contributed by atoms with Gasteiger partial charge in [-0.15, -0.1) is 0 Å². The lowest BCUT2D eigenvalue weighted by Crippen LogP contribution is -1.92. The summed E-state index contributed by atoms with van der Waals surface area (Å²) in [7, 11) is 0. The van der Waals surface area contributed by atoms with E-state index in [4.69, 9.17) is 5.11 Å². The summed E-state index contributed by atoms with van der Waals surface area (Å²) in [6.45, 7) is 4.60. The highest BCUT2D eigenvalue weighted by Gasteiger charge is 1.90.